The summed E-state index contributed by atoms with van der Waals surface area (Å²) in [4.78, 5) is 10.6. The summed E-state index contributed by atoms with van der Waals surface area (Å²) >= 11 is 11.9. The molecule has 0 radical (unpaired) electrons. The van der Waals surface area contributed by atoms with Crippen molar-refractivity contribution in [2.75, 3.05) is 0 Å². The van der Waals surface area contributed by atoms with Gasteiger partial charge in [0.15, 0.2) is 0 Å². The predicted octanol–water partition coefficient (Wildman–Crippen LogP) is 3.03. The quantitative estimate of drug-likeness (QED) is 0.882. The molecule has 0 saturated heterocycles. The van der Waals surface area contributed by atoms with Crippen LogP contribution in [0, 0.1) is 0 Å². The molecule has 1 N–H and O–H groups in total. The van der Waals surface area contributed by atoms with Crippen LogP contribution in [0.4, 0.5) is 0 Å². The maximum atomic E-state index is 10.6. The van der Waals surface area contributed by atoms with Gasteiger partial charge in [0.1, 0.15) is 6.54 Å². The number of halogens is 2. The van der Waals surface area contributed by atoms with E-state index < -0.39 is 5.97 Å². The molecule has 0 bridgehead atoms. The summed E-state index contributed by atoms with van der Waals surface area (Å²) in [7, 11) is 0. The lowest BCUT2D eigenvalue weighted by molar-refractivity contribution is -0.137. The molecule has 0 aliphatic carbocycles. The highest BCUT2D eigenvalue weighted by molar-refractivity contribution is 6.45. The lowest BCUT2D eigenvalue weighted by Crippen LogP contribution is -2.07. The SMILES string of the molecule is O=C(O)Cn1ccc2ccc(Cl)c(Cl)c21. The molecule has 2 aromatic rings. The second-order valence-electron chi connectivity index (χ2n) is 3.14. The van der Waals surface area contributed by atoms with Crippen LogP contribution >= 0.6 is 23.2 Å². The third-order valence-corrected chi connectivity index (χ3v) is 2.92. The first kappa shape index (κ1) is 10.3. The van der Waals surface area contributed by atoms with Crippen molar-refractivity contribution >= 4 is 40.1 Å². The molecule has 0 saturated carbocycles. The predicted molar refractivity (Wildman–Crippen MR) is 59.6 cm³/mol. The zero-order valence-electron chi connectivity index (χ0n) is 7.58. The normalized spacial score (nSPS) is 10.8. The van der Waals surface area contributed by atoms with E-state index in [-0.39, 0.29) is 6.54 Å². The van der Waals surface area contributed by atoms with Gasteiger partial charge >= 0.3 is 5.97 Å². The molecule has 0 aliphatic rings. The van der Waals surface area contributed by atoms with Gasteiger partial charge in [-0.2, -0.15) is 0 Å². The van der Waals surface area contributed by atoms with Crippen molar-refractivity contribution in [1.29, 1.82) is 0 Å². The number of nitrogens with zero attached hydrogens (tertiary/aromatic N) is 1. The van der Waals surface area contributed by atoms with Crippen LogP contribution < -0.4 is 0 Å². The summed E-state index contributed by atoms with van der Waals surface area (Å²) in [6.07, 6.45) is 1.68. The van der Waals surface area contributed by atoms with Crippen LogP contribution in [0.1, 0.15) is 0 Å². The summed E-state index contributed by atoms with van der Waals surface area (Å²) in [5, 5.41) is 10.4. The summed E-state index contributed by atoms with van der Waals surface area (Å²) in [5.41, 5.74) is 0.659. The number of hydrogen-bond donors (Lipinski definition) is 1. The Bertz CT molecular complexity index is 533. The monoisotopic (exact) mass is 243 g/mol. The Morgan fingerprint density at radius 2 is 2.07 bits per heavy atom. The number of carboxylic acids is 1. The Morgan fingerprint density at radius 3 is 2.73 bits per heavy atom. The fraction of sp³-hybridized carbons (Fsp3) is 0.100. The minimum Gasteiger partial charge on any atom is -0.480 e. The van der Waals surface area contributed by atoms with Crippen LogP contribution in [0.3, 0.4) is 0 Å². The van der Waals surface area contributed by atoms with Crippen molar-refractivity contribution in [3.05, 3.63) is 34.4 Å². The lowest BCUT2D eigenvalue weighted by atomic mass is 10.2. The molecule has 3 nitrogen and oxygen atoms in total. The van der Waals surface area contributed by atoms with Gasteiger partial charge in [-0.05, 0) is 12.1 Å². The molecule has 5 heteroatoms. The highest BCUT2D eigenvalue weighted by Gasteiger charge is 2.10. The van der Waals surface area contributed by atoms with Crippen LogP contribution in [0.25, 0.3) is 10.9 Å². The maximum Gasteiger partial charge on any atom is 0.323 e. The average molecular weight is 244 g/mol. The van der Waals surface area contributed by atoms with E-state index in [4.69, 9.17) is 28.3 Å². The van der Waals surface area contributed by atoms with Gasteiger partial charge in [0.05, 0.1) is 15.6 Å². The summed E-state index contributed by atoms with van der Waals surface area (Å²) in [6.45, 7) is -0.121. The van der Waals surface area contributed by atoms with Crippen molar-refractivity contribution in [3.63, 3.8) is 0 Å². The molecule has 15 heavy (non-hydrogen) atoms. The molecule has 0 atom stereocenters. The number of hydrogen-bond acceptors (Lipinski definition) is 1. The fourth-order valence-electron chi connectivity index (χ4n) is 1.50. The highest BCUT2D eigenvalue weighted by atomic mass is 35.5. The van der Waals surface area contributed by atoms with Crippen molar-refractivity contribution in [3.8, 4) is 0 Å². The second-order valence-corrected chi connectivity index (χ2v) is 3.92. The van der Waals surface area contributed by atoms with Gasteiger partial charge in [0.25, 0.3) is 0 Å². The smallest absolute Gasteiger partial charge is 0.323 e. The molecular formula is C10H7Cl2NO2. The zero-order valence-corrected chi connectivity index (χ0v) is 9.09. The van der Waals surface area contributed by atoms with Gasteiger partial charge in [-0.1, -0.05) is 29.3 Å². The van der Waals surface area contributed by atoms with Crippen LogP contribution in [0.15, 0.2) is 24.4 Å². The number of carbonyl (C=O) groups is 1. The lowest BCUT2D eigenvalue weighted by Gasteiger charge is -2.04. The van der Waals surface area contributed by atoms with Crippen molar-refractivity contribution in [2.45, 2.75) is 6.54 Å². The van der Waals surface area contributed by atoms with Gasteiger partial charge < -0.3 is 9.67 Å². The first-order chi connectivity index (χ1) is 7.09. The molecule has 0 unspecified atom stereocenters. The molecule has 0 fully saturated rings. The number of benzene rings is 1. The van der Waals surface area contributed by atoms with Gasteiger partial charge in [-0.15, -0.1) is 0 Å². The van der Waals surface area contributed by atoms with Gasteiger partial charge in [-0.3, -0.25) is 4.79 Å². The number of carboxylic acid groups (broad SMARTS) is 1. The molecular weight excluding hydrogens is 237 g/mol. The Labute approximate surface area is 95.8 Å². The Balaban J connectivity index is 2.66. The van der Waals surface area contributed by atoms with E-state index in [0.717, 1.165) is 5.39 Å². The van der Waals surface area contributed by atoms with E-state index in [2.05, 4.69) is 0 Å². The largest absolute Gasteiger partial charge is 0.480 e. The van der Waals surface area contributed by atoms with Crippen LogP contribution in [0.5, 0.6) is 0 Å². The molecule has 1 heterocycles. The van der Waals surface area contributed by atoms with Gasteiger partial charge in [0, 0.05) is 11.6 Å². The van der Waals surface area contributed by atoms with Crippen molar-refractivity contribution in [2.24, 2.45) is 0 Å². The van der Waals surface area contributed by atoms with Gasteiger partial charge in [-0.25, -0.2) is 0 Å². The Hall–Kier alpha value is -1.19. The Kier molecular flexibility index (Phi) is 2.59. The molecule has 2 rings (SSSR count). The number of aliphatic carboxylic acids is 1. The summed E-state index contributed by atoms with van der Waals surface area (Å²) in [5.74, 6) is -0.913. The third kappa shape index (κ3) is 1.80. The maximum absolute atomic E-state index is 10.6. The van der Waals surface area contributed by atoms with E-state index in [1.165, 1.54) is 0 Å². The number of rotatable bonds is 2. The Morgan fingerprint density at radius 1 is 1.33 bits per heavy atom. The molecule has 0 aliphatic heterocycles. The van der Waals surface area contributed by atoms with E-state index >= 15 is 0 Å². The van der Waals surface area contributed by atoms with E-state index in [0.29, 0.717) is 15.6 Å². The standard InChI is InChI=1S/C10H7Cl2NO2/c11-7-2-1-6-3-4-13(5-8(14)15)10(6)9(7)12/h1-4H,5H2,(H,14,15). The minimum atomic E-state index is -0.913. The first-order valence-electron chi connectivity index (χ1n) is 4.24. The highest BCUT2D eigenvalue weighted by Crippen LogP contribution is 2.31. The number of aromatic nitrogens is 1. The molecule has 78 valence electrons. The van der Waals surface area contributed by atoms with Crippen LogP contribution in [0.2, 0.25) is 10.0 Å². The molecule has 0 spiro atoms. The fourth-order valence-corrected chi connectivity index (χ4v) is 1.94. The van der Waals surface area contributed by atoms with Crippen LogP contribution in [-0.2, 0) is 11.3 Å². The summed E-state index contributed by atoms with van der Waals surface area (Å²) in [6, 6.07) is 5.31. The second kappa shape index (κ2) is 3.76. The number of fused-ring (bicyclic) bond motifs is 1. The molecule has 1 aromatic heterocycles. The van der Waals surface area contributed by atoms with Crippen LogP contribution in [-0.4, -0.2) is 15.6 Å². The molecule has 1 aromatic carbocycles. The third-order valence-electron chi connectivity index (χ3n) is 2.13. The van der Waals surface area contributed by atoms with E-state index in [1.807, 2.05) is 6.07 Å². The van der Waals surface area contributed by atoms with E-state index in [9.17, 15) is 4.79 Å². The zero-order chi connectivity index (χ0) is 11.0. The van der Waals surface area contributed by atoms with Crippen molar-refractivity contribution < 1.29 is 9.90 Å². The average Bonchev–Trinajstić information content (AvgIpc) is 2.55. The topological polar surface area (TPSA) is 42.2 Å². The first-order valence-corrected chi connectivity index (χ1v) is 5.00. The van der Waals surface area contributed by atoms with E-state index in [1.54, 1.807) is 22.9 Å². The minimum absolute atomic E-state index is 0.121. The van der Waals surface area contributed by atoms with Crippen molar-refractivity contribution in [1.82, 2.24) is 4.57 Å². The molecule has 0 amide bonds. The van der Waals surface area contributed by atoms with Gasteiger partial charge in [0.2, 0.25) is 0 Å². The summed E-state index contributed by atoms with van der Waals surface area (Å²) < 4.78 is 1.56.